The minimum atomic E-state index is -3.62. The molecule has 1 amide bonds. The van der Waals surface area contributed by atoms with E-state index in [9.17, 15) is 13.2 Å². The van der Waals surface area contributed by atoms with Gasteiger partial charge in [-0.3, -0.25) is 4.79 Å². The van der Waals surface area contributed by atoms with Gasteiger partial charge in [-0.1, -0.05) is 12.2 Å². The predicted octanol–water partition coefficient (Wildman–Crippen LogP) is 0.872. The van der Waals surface area contributed by atoms with E-state index in [2.05, 4.69) is 16.6 Å². The van der Waals surface area contributed by atoms with Crippen LogP contribution in [-0.4, -0.2) is 27.5 Å². The smallest absolute Gasteiger partial charge is 0.262 e. The first-order valence-electron chi connectivity index (χ1n) is 5.59. The highest BCUT2D eigenvalue weighted by Gasteiger charge is 2.20. The third-order valence-electron chi connectivity index (χ3n) is 2.46. The highest BCUT2D eigenvalue weighted by molar-refractivity contribution is 7.89. The van der Waals surface area contributed by atoms with E-state index in [0.717, 1.165) is 0 Å². The van der Waals surface area contributed by atoms with Crippen LogP contribution in [0.5, 0.6) is 5.75 Å². The summed E-state index contributed by atoms with van der Waals surface area (Å²) in [5.74, 6) is 0.149. The second-order valence-electron chi connectivity index (χ2n) is 4.28. The van der Waals surface area contributed by atoms with Gasteiger partial charge in [-0.2, -0.15) is 0 Å². The first kappa shape index (κ1) is 13.6. The van der Waals surface area contributed by atoms with Gasteiger partial charge >= 0.3 is 0 Å². The molecule has 19 heavy (non-hydrogen) atoms. The molecule has 2 N–H and O–H groups in total. The number of hydrogen-bond donors (Lipinski definition) is 2. The van der Waals surface area contributed by atoms with Crippen LogP contribution in [0.15, 0.2) is 35.2 Å². The summed E-state index contributed by atoms with van der Waals surface area (Å²) in [6.45, 7) is 5.46. The number of carbonyl (C=O) groups excluding carboxylic acids is 1. The van der Waals surface area contributed by atoms with Crippen LogP contribution in [0.2, 0.25) is 0 Å². The summed E-state index contributed by atoms with van der Waals surface area (Å²) in [5.41, 5.74) is 1.06. The van der Waals surface area contributed by atoms with E-state index < -0.39 is 10.0 Å². The molecule has 0 saturated carbocycles. The van der Waals surface area contributed by atoms with Crippen LogP contribution in [0.4, 0.5) is 5.69 Å². The van der Waals surface area contributed by atoms with Crippen LogP contribution < -0.4 is 14.8 Å². The lowest BCUT2D eigenvalue weighted by Gasteiger charge is -2.18. The summed E-state index contributed by atoms with van der Waals surface area (Å²) >= 11 is 0. The molecule has 6 nitrogen and oxygen atoms in total. The molecule has 1 heterocycles. The van der Waals surface area contributed by atoms with Gasteiger partial charge in [-0.15, -0.1) is 0 Å². The van der Waals surface area contributed by atoms with Crippen LogP contribution in [0.1, 0.15) is 6.92 Å². The molecule has 1 aliphatic heterocycles. The van der Waals surface area contributed by atoms with Gasteiger partial charge in [0, 0.05) is 6.54 Å². The van der Waals surface area contributed by atoms with E-state index in [1.54, 1.807) is 6.92 Å². The van der Waals surface area contributed by atoms with Gasteiger partial charge in [0.05, 0.1) is 10.6 Å². The molecule has 1 aliphatic rings. The van der Waals surface area contributed by atoms with Crippen molar-refractivity contribution in [3.8, 4) is 5.75 Å². The van der Waals surface area contributed by atoms with Crippen molar-refractivity contribution in [1.29, 1.82) is 0 Å². The van der Waals surface area contributed by atoms with Gasteiger partial charge in [0.2, 0.25) is 10.0 Å². The fourth-order valence-electron chi connectivity index (χ4n) is 1.53. The Kier molecular flexibility index (Phi) is 3.59. The number of amides is 1. The Labute approximate surface area is 111 Å². The Balaban J connectivity index is 2.28. The highest BCUT2D eigenvalue weighted by Crippen LogP contribution is 2.29. The monoisotopic (exact) mass is 282 g/mol. The van der Waals surface area contributed by atoms with Gasteiger partial charge in [-0.05, 0) is 25.1 Å². The molecule has 0 bridgehead atoms. The Morgan fingerprint density at radius 3 is 2.95 bits per heavy atom. The molecule has 102 valence electrons. The Hall–Kier alpha value is -1.86. The Morgan fingerprint density at radius 2 is 2.26 bits per heavy atom. The summed E-state index contributed by atoms with van der Waals surface area (Å²) in [6, 6.07) is 4.31. The van der Waals surface area contributed by atoms with Crippen molar-refractivity contribution in [2.75, 3.05) is 18.5 Å². The molecule has 1 aromatic rings. The lowest BCUT2D eigenvalue weighted by molar-refractivity contribution is -0.118. The molecule has 0 atom stereocenters. The lowest BCUT2D eigenvalue weighted by Crippen LogP contribution is -2.27. The number of carbonyl (C=O) groups is 1. The number of rotatable bonds is 4. The summed E-state index contributed by atoms with van der Waals surface area (Å²) in [5, 5.41) is 2.56. The molecule has 2 rings (SSSR count). The average Bonchev–Trinajstić information content (AvgIpc) is 2.35. The van der Waals surface area contributed by atoms with Crippen molar-refractivity contribution in [1.82, 2.24) is 4.72 Å². The van der Waals surface area contributed by atoms with Crippen LogP contribution in [-0.2, 0) is 14.8 Å². The van der Waals surface area contributed by atoms with E-state index in [4.69, 9.17) is 4.74 Å². The zero-order valence-electron chi connectivity index (χ0n) is 10.4. The number of hydrogen-bond acceptors (Lipinski definition) is 4. The van der Waals surface area contributed by atoms with Gasteiger partial charge in [0.1, 0.15) is 5.75 Å². The molecule has 0 spiro atoms. The van der Waals surface area contributed by atoms with E-state index in [-0.39, 0.29) is 24.0 Å². The number of fused-ring (bicyclic) bond motifs is 1. The maximum atomic E-state index is 12.0. The summed E-state index contributed by atoms with van der Waals surface area (Å²) < 4.78 is 31.6. The largest absolute Gasteiger partial charge is 0.482 e. The van der Waals surface area contributed by atoms with E-state index in [1.165, 1.54) is 18.2 Å². The van der Waals surface area contributed by atoms with E-state index >= 15 is 0 Å². The van der Waals surface area contributed by atoms with Gasteiger partial charge in [-0.25, -0.2) is 13.1 Å². The minimum Gasteiger partial charge on any atom is -0.482 e. The maximum absolute atomic E-state index is 12.0. The van der Waals surface area contributed by atoms with Crippen LogP contribution >= 0.6 is 0 Å². The second kappa shape index (κ2) is 5.02. The van der Waals surface area contributed by atoms with Crippen molar-refractivity contribution in [2.45, 2.75) is 11.8 Å². The zero-order chi connectivity index (χ0) is 14.0. The molecule has 0 aliphatic carbocycles. The van der Waals surface area contributed by atoms with Crippen LogP contribution in [0.25, 0.3) is 0 Å². The van der Waals surface area contributed by atoms with Gasteiger partial charge in [0.15, 0.2) is 6.61 Å². The predicted molar refractivity (Wildman–Crippen MR) is 70.6 cm³/mol. The van der Waals surface area contributed by atoms with E-state index in [0.29, 0.717) is 17.0 Å². The molecule has 7 heteroatoms. The summed E-state index contributed by atoms with van der Waals surface area (Å²) in [7, 11) is -3.62. The van der Waals surface area contributed by atoms with Crippen LogP contribution in [0, 0.1) is 0 Å². The standard InChI is InChI=1S/C12H14N2O4S/c1-8(2)6-13-19(16,17)9-3-4-11-10(5-9)14-12(15)7-18-11/h3-5,13H,1,6-7H2,2H3,(H,14,15). The van der Waals surface area contributed by atoms with Crippen molar-refractivity contribution in [2.24, 2.45) is 0 Å². The minimum absolute atomic E-state index is 0.0625. The maximum Gasteiger partial charge on any atom is 0.262 e. The second-order valence-corrected chi connectivity index (χ2v) is 6.04. The molecule has 1 aromatic carbocycles. The quantitative estimate of drug-likeness (QED) is 0.803. The number of nitrogens with one attached hydrogen (secondary N) is 2. The van der Waals surface area contributed by atoms with E-state index in [1.807, 2.05) is 0 Å². The molecule has 0 unspecified atom stereocenters. The van der Waals surface area contributed by atoms with Crippen molar-refractivity contribution < 1.29 is 17.9 Å². The third kappa shape index (κ3) is 3.12. The highest BCUT2D eigenvalue weighted by atomic mass is 32.2. The average molecular weight is 282 g/mol. The van der Waals surface area contributed by atoms with Gasteiger partial charge in [0.25, 0.3) is 5.91 Å². The molecule has 0 radical (unpaired) electrons. The first-order valence-corrected chi connectivity index (χ1v) is 7.07. The van der Waals surface area contributed by atoms with Crippen molar-refractivity contribution in [3.63, 3.8) is 0 Å². The first-order chi connectivity index (χ1) is 8.88. The normalized spacial score (nSPS) is 14.3. The van der Waals surface area contributed by atoms with Gasteiger partial charge < -0.3 is 10.1 Å². The SMILES string of the molecule is C=C(C)CNS(=O)(=O)c1ccc2c(c1)NC(=O)CO2. The Morgan fingerprint density at radius 1 is 1.53 bits per heavy atom. The zero-order valence-corrected chi connectivity index (χ0v) is 11.2. The molecule has 0 aromatic heterocycles. The number of benzene rings is 1. The fourth-order valence-corrected chi connectivity index (χ4v) is 2.65. The van der Waals surface area contributed by atoms with Crippen molar-refractivity contribution in [3.05, 3.63) is 30.4 Å². The molecular weight excluding hydrogens is 268 g/mol. The topological polar surface area (TPSA) is 84.5 Å². The third-order valence-corrected chi connectivity index (χ3v) is 3.86. The Bertz CT molecular complexity index is 637. The van der Waals surface area contributed by atoms with Crippen LogP contribution in [0.3, 0.4) is 0 Å². The number of ether oxygens (including phenoxy) is 1. The molecule has 0 saturated heterocycles. The summed E-state index contributed by atoms with van der Waals surface area (Å²) in [4.78, 5) is 11.3. The molecular formula is C12H14N2O4S. The number of sulfonamides is 1. The molecule has 0 fully saturated rings. The lowest BCUT2D eigenvalue weighted by atomic mass is 10.2. The fraction of sp³-hybridized carbons (Fsp3) is 0.250. The number of anilines is 1. The van der Waals surface area contributed by atoms with Crippen molar-refractivity contribution >= 4 is 21.6 Å². The summed E-state index contributed by atoms with van der Waals surface area (Å²) in [6.07, 6.45) is 0.